The second-order valence-electron chi connectivity index (χ2n) is 9.09. The standard InChI is InChI=1S/C27H31N5O2/c1-18(2)26-23(24-16-29-15-20-7-5-6-8-22(20)24)13-21(14-28)27(30-26)31-10-11-32(19(3)17-31)25(33)9-12-34-4/h5-8,13,15-16,18-19H,9-12,17H2,1-4H3. The molecule has 0 aliphatic carbocycles. The predicted octanol–water partition coefficient (Wildman–Crippen LogP) is 4.37. The van der Waals surface area contributed by atoms with E-state index >= 15 is 0 Å². The third-order valence-electron chi connectivity index (χ3n) is 6.43. The topological polar surface area (TPSA) is 82.3 Å². The zero-order chi connectivity index (χ0) is 24.2. The quantitative estimate of drug-likeness (QED) is 0.547. The molecule has 1 aliphatic heterocycles. The number of nitriles is 1. The number of pyridine rings is 2. The minimum atomic E-state index is 0.0240. The Morgan fingerprint density at radius 2 is 2.03 bits per heavy atom. The Labute approximate surface area is 201 Å². The van der Waals surface area contributed by atoms with Crippen molar-refractivity contribution in [3.8, 4) is 17.2 Å². The summed E-state index contributed by atoms with van der Waals surface area (Å²) in [5.41, 5.74) is 3.41. The lowest BCUT2D eigenvalue weighted by Gasteiger charge is -2.41. The third kappa shape index (κ3) is 4.59. The van der Waals surface area contributed by atoms with Gasteiger partial charge in [0.2, 0.25) is 5.91 Å². The fourth-order valence-corrected chi connectivity index (χ4v) is 4.68. The molecule has 1 fully saturated rings. The highest BCUT2D eigenvalue weighted by Gasteiger charge is 2.30. The van der Waals surface area contributed by atoms with Crippen LogP contribution in [0.3, 0.4) is 0 Å². The molecule has 34 heavy (non-hydrogen) atoms. The van der Waals surface area contributed by atoms with Gasteiger partial charge in [0.1, 0.15) is 11.9 Å². The van der Waals surface area contributed by atoms with Crippen LogP contribution in [-0.2, 0) is 9.53 Å². The summed E-state index contributed by atoms with van der Waals surface area (Å²) in [5, 5.41) is 12.2. The average Bonchev–Trinajstić information content (AvgIpc) is 2.86. The maximum Gasteiger partial charge on any atom is 0.225 e. The molecular formula is C27H31N5O2. The summed E-state index contributed by atoms with van der Waals surface area (Å²) in [6, 6.07) is 12.5. The fourth-order valence-electron chi connectivity index (χ4n) is 4.68. The molecule has 2 aromatic heterocycles. The first-order valence-corrected chi connectivity index (χ1v) is 11.8. The number of methoxy groups -OCH3 is 1. The van der Waals surface area contributed by atoms with Gasteiger partial charge in [-0.2, -0.15) is 5.26 Å². The Kier molecular flexibility index (Phi) is 7.09. The molecule has 1 aromatic carbocycles. The lowest BCUT2D eigenvalue weighted by Crippen LogP contribution is -2.54. The maximum atomic E-state index is 12.5. The molecule has 1 amide bonds. The number of carbonyl (C=O) groups excluding carboxylic acids is 1. The van der Waals surface area contributed by atoms with Crippen molar-refractivity contribution in [2.75, 3.05) is 38.3 Å². The van der Waals surface area contributed by atoms with Crippen molar-refractivity contribution < 1.29 is 9.53 Å². The highest BCUT2D eigenvalue weighted by Crippen LogP contribution is 2.36. The van der Waals surface area contributed by atoms with Crippen LogP contribution < -0.4 is 4.90 Å². The van der Waals surface area contributed by atoms with Gasteiger partial charge in [0.05, 0.1) is 24.3 Å². The van der Waals surface area contributed by atoms with Gasteiger partial charge in [-0.15, -0.1) is 0 Å². The Morgan fingerprint density at radius 1 is 1.24 bits per heavy atom. The summed E-state index contributed by atoms with van der Waals surface area (Å²) < 4.78 is 5.06. The number of nitrogens with zero attached hydrogens (tertiary/aromatic N) is 5. The van der Waals surface area contributed by atoms with Crippen molar-refractivity contribution >= 4 is 22.5 Å². The highest BCUT2D eigenvalue weighted by molar-refractivity contribution is 5.96. The van der Waals surface area contributed by atoms with Crippen LogP contribution in [0.2, 0.25) is 0 Å². The van der Waals surface area contributed by atoms with E-state index in [4.69, 9.17) is 9.72 Å². The van der Waals surface area contributed by atoms with Gasteiger partial charge in [0.15, 0.2) is 0 Å². The third-order valence-corrected chi connectivity index (χ3v) is 6.43. The summed E-state index contributed by atoms with van der Waals surface area (Å²) in [4.78, 5) is 26.1. The van der Waals surface area contributed by atoms with E-state index in [1.807, 2.05) is 48.5 Å². The molecule has 1 atom stereocenters. The number of rotatable bonds is 6. The molecular weight excluding hydrogens is 426 g/mol. The van der Waals surface area contributed by atoms with Crippen molar-refractivity contribution in [2.24, 2.45) is 0 Å². The van der Waals surface area contributed by atoms with Gasteiger partial charge in [0, 0.05) is 61.7 Å². The monoisotopic (exact) mass is 457 g/mol. The van der Waals surface area contributed by atoms with Crippen molar-refractivity contribution in [3.63, 3.8) is 0 Å². The Morgan fingerprint density at radius 3 is 2.74 bits per heavy atom. The van der Waals surface area contributed by atoms with Crippen molar-refractivity contribution in [2.45, 2.75) is 39.2 Å². The smallest absolute Gasteiger partial charge is 0.225 e. The second-order valence-corrected chi connectivity index (χ2v) is 9.09. The molecule has 7 nitrogen and oxygen atoms in total. The van der Waals surface area contributed by atoms with E-state index in [0.29, 0.717) is 44.0 Å². The van der Waals surface area contributed by atoms with Gasteiger partial charge in [-0.05, 0) is 24.3 Å². The first-order chi connectivity index (χ1) is 16.4. The molecule has 176 valence electrons. The number of aromatic nitrogens is 2. The summed E-state index contributed by atoms with van der Waals surface area (Å²) >= 11 is 0. The number of carbonyl (C=O) groups is 1. The fraction of sp³-hybridized carbons (Fsp3) is 0.407. The number of hydrogen-bond acceptors (Lipinski definition) is 6. The normalized spacial score (nSPS) is 16.2. The van der Waals surface area contributed by atoms with Crippen molar-refractivity contribution in [3.05, 3.63) is 54.0 Å². The molecule has 7 heteroatoms. The molecule has 0 bridgehead atoms. The number of hydrogen-bond donors (Lipinski definition) is 0. The van der Waals surface area contributed by atoms with E-state index in [9.17, 15) is 10.1 Å². The predicted molar refractivity (Wildman–Crippen MR) is 134 cm³/mol. The molecule has 3 aromatic rings. The van der Waals surface area contributed by atoms with E-state index in [1.165, 1.54) is 0 Å². The number of anilines is 1. The van der Waals surface area contributed by atoms with Crippen LogP contribution in [0.25, 0.3) is 21.9 Å². The van der Waals surface area contributed by atoms with E-state index < -0.39 is 0 Å². The molecule has 1 aliphatic rings. The number of piperazine rings is 1. The number of amides is 1. The van der Waals surface area contributed by atoms with Crippen LogP contribution in [-0.4, -0.2) is 60.2 Å². The minimum Gasteiger partial charge on any atom is -0.384 e. The zero-order valence-corrected chi connectivity index (χ0v) is 20.3. The number of fused-ring (bicyclic) bond motifs is 1. The average molecular weight is 458 g/mol. The molecule has 4 rings (SSSR count). The zero-order valence-electron chi connectivity index (χ0n) is 20.3. The van der Waals surface area contributed by atoms with Crippen LogP contribution in [0.15, 0.2) is 42.7 Å². The number of ether oxygens (including phenoxy) is 1. The lowest BCUT2D eigenvalue weighted by atomic mass is 9.93. The van der Waals surface area contributed by atoms with E-state index in [0.717, 1.165) is 27.6 Å². The molecule has 1 saturated heterocycles. The molecule has 0 N–H and O–H groups in total. The molecule has 3 heterocycles. The lowest BCUT2D eigenvalue weighted by molar-refractivity contribution is -0.134. The van der Waals surface area contributed by atoms with E-state index in [1.54, 1.807) is 7.11 Å². The SMILES string of the molecule is COCCC(=O)N1CCN(c2nc(C(C)C)c(-c3cncc4ccccc34)cc2C#N)CC1C. The Hall–Kier alpha value is -3.50. The van der Waals surface area contributed by atoms with Crippen molar-refractivity contribution in [1.82, 2.24) is 14.9 Å². The van der Waals surface area contributed by atoms with E-state index in [-0.39, 0.29) is 17.9 Å². The van der Waals surface area contributed by atoms with Crippen LogP contribution >= 0.6 is 0 Å². The van der Waals surface area contributed by atoms with Gasteiger partial charge >= 0.3 is 0 Å². The summed E-state index contributed by atoms with van der Waals surface area (Å²) in [6.07, 6.45) is 4.10. The number of benzene rings is 1. The molecule has 0 spiro atoms. The Balaban J connectivity index is 1.71. The highest BCUT2D eigenvalue weighted by atomic mass is 16.5. The molecule has 1 unspecified atom stereocenters. The van der Waals surface area contributed by atoms with Crippen LogP contribution in [0.1, 0.15) is 44.4 Å². The largest absolute Gasteiger partial charge is 0.384 e. The first-order valence-electron chi connectivity index (χ1n) is 11.8. The minimum absolute atomic E-state index is 0.0240. The van der Waals surface area contributed by atoms with Gasteiger partial charge in [-0.25, -0.2) is 4.98 Å². The van der Waals surface area contributed by atoms with Gasteiger partial charge in [0.25, 0.3) is 0 Å². The van der Waals surface area contributed by atoms with Crippen molar-refractivity contribution in [1.29, 1.82) is 5.26 Å². The summed E-state index contributed by atoms with van der Waals surface area (Å²) in [5.74, 6) is 0.956. The van der Waals surface area contributed by atoms with Gasteiger partial charge < -0.3 is 14.5 Å². The van der Waals surface area contributed by atoms with Crippen LogP contribution in [0.5, 0.6) is 0 Å². The summed E-state index contributed by atoms with van der Waals surface area (Å²) in [6.45, 7) is 8.58. The van der Waals surface area contributed by atoms with Crippen LogP contribution in [0.4, 0.5) is 5.82 Å². The van der Waals surface area contributed by atoms with E-state index in [2.05, 4.69) is 35.9 Å². The second kappa shape index (κ2) is 10.2. The molecule has 0 saturated carbocycles. The first kappa shape index (κ1) is 23.7. The Bertz CT molecular complexity index is 1230. The maximum absolute atomic E-state index is 12.5. The summed E-state index contributed by atoms with van der Waals surface area (Å²) in [7, 11) is 1.61. The van der Waals surface area contributed by atoms with Gasteiger partial charge in [-0.1, -0.05) is 38.1 Å². The molecule has 0 radical (unpaired) electrons. The van der Waals surface area contributed by atoms with Crippen LogP contribution in [0, 0.1) is 11.3 Å². The van der Waals surface area contributed by atoms with Gasteiger partial charge in [-0.3, -0.25) is 9.78 Å².